The maximum Gasteiger partial charge on any atom is 0.327 e. The minimum absolute atomic E-state index is 0.340. The van der Waals surface area contributed by atoms with Crippen LogP contribution in [-0.4, -0.2) is 17.6 Å². The maximum absolute atomic E-state index is 11.2. The summed E-state index contributed by atoms with van der Waals surface area (Å²) in [5.41, 5.74) is 6.28. The molecule has 2 N–H and O–H groups in total. The highest BCUT2D eigenvalue weighted by Gasteiger charge is 2.16. The van der Waals surface area contributed by atoms with Gasteiger partial charge in [0, 0.05) is 12.4 Å². The van der Waals surface area contributed by atoms with Gasteiger partial charge in [-0.3, -0.25) is 4.98 Å². The van der Waals surface area contributed by atoms with E-state index in [0.717, 1.165) is 0 Å². The van der Waals surface area contributed by atoms with Crippen LogP contribution in [0.1, 0.15) is 18.5 Å². The summed E-state index contributed by atoms with van der Waals surface area (Å²) in [4.78, 5) is 15.0. The molecule has 4 heteroatoms. The summed E-state index contributed by atoms with van der Waals surface area (Å²) in [6.45, 7) is 2.08. The Morgan fingerprint density at radius 1 is 1.77 bits per heavy atom. The van der Waals surface area contributed by atoms with Crippen molar-refractivity contribution in [2.24, 2.45) is 5.73 Å². The van der Waals surface area contributed by atoms with Crippen LogP contribution >= 0.6 is 0 Å². The van der Waals surface area contributed by atoms with Gasteiger partial charge in [0.15, 0.2) is 0 Å². The van der Waals surface area contributed by atoms with E-state index in [4.69, 9.17) is 10.5 Å². The fourth-order valence-corrected chi connectivity index (χ4v) is 0.928. The van der Waals surface area contributed by atoms with E-state index in [2.05, 4.69) is 4.98 Å². The third-order valence-corrected chi connectivity index (χ3v) is 1.58. The van der Waals surface area contributed by atoms with Gasteiger partial charge in [-0.05, 0) is 18.6 Å². The fraction of sp³-hybridized carbons (Fsp3) is 0.333. The van der Waals surface area contributed by atoms with Crippen LogP contribution in [0.4, 0.5) is 0 Å². The first-order chi connectivity index (χ1) is 6.25. The molecule has 0 fully saturated rings. The minimum atomic E-state index is -0.728. The van der Waals surface area contributed by atoms with Gasteiger partial charge in [-0.15, -0.1) is 0 Å². The highest BCUT2D eigenvalue weighted by atomic mass is 16.5. The Hall–Kier alpha value is -1.42. The molecule has 1 rings (SSSR count). The van der Waals surface area contributed by atoms with Gasteiger partial charge >= 0.3 is 5.97 Å². The molecule has 0 unspecified atom stereocenters. The Morgan fingerprint density at radius 3 is 3.08 bits per heavy atom. The lowest BCUT2D eigenvalue weighted by molar-refractivity contribution is -0.144. The Kier molecular flexibility index (Phi) is 3.40. The summed E-state index contributed by atoms with van der Waals surface area (Å²) < 4.78 is 4.77. The first kappa shape index (κ1) is 9.67. The van der Waals surface area contributed by atoms with Gasteiger partial charge < -0.3 is 10.5 Å². The van der Waals surface area contributed by atoms with E-state index >= 15 is 0 Å². The molecule has 0 aliphatic rings. The first-order valence-electron chi connectivity index (χ1n) is 4.08. The largest absolute Gasteiger partial charge is 0.465 e. The van der Waals surface area contributed by atoms with E-state index in [1.807, 2.05) is 0 Å². The highest BCUT2D eigenvalue weighted by molar-refractivity contribution is 5.77. The minimum Gasteiger partial charge on any atom is -0.465 e. The van der Waals surface area contributed by atoms with Crippen molar-refractivity contribution in [3.05, 3.63) is 30.1 Å². The molecule has 4 nitrogen and oxygen atoms in total. The lowest BCUT2D eigenvalue weighted by Crippen LogP contribution is -2.23. The van der Waals surface area contributed by atoms with Crippen LogP contribution in [0.15, 0.2) is 24.5 Å². The zero-order valence-corrected chi connectivity index (χ0v) is 7.43. The lowest BCUT2D eigenvalue weighted by atomic mass is 10.1. The molecule has 1 heterocycles. The van der Waals surface area contributed by atoms with Crippen LogP contribution in [0.3, 0.4) is 0 Å². The third kappa shape index (κ3) is 2.52. The Balaban J connectivity index is 2.68. The number of nitrogens with zero attached hydrogens (tertiary/aromatic N) is 1. The number of aromatic nitrogens is 1. The molecule has 0 saturated heterocycles. The van der Waals surface area contributed by atoms with Gasteiger partial charge in [0.2, 0.25) is 0 Å². The molecule has 0 aliphatic carbocycles. The summed E-state index contributed by atoms with van der Waals surface area (Å²) in [7, 11) is 0. The van der Waals surface area contributed by atoms with E-state index in [-0.39, 0.29) is 0 Å². The molecule has 70 valence electrons. The molecule has 0 saturated carbocycles. The SMILES string of the molecule is CCOC(=O)[C@@H](N)c1cccnc1. The van der Waals surface area contributed by atoms with Crippen LogP contribution in [0.2, 0.25) is 0 Å². The lowest BCUT2D eigenvalue weighted by Gasteiger charge is -2.09. The van der Waals surface area contributed by atoms with Gasteiger partial charge in [-0.25, -0.2) is 4.79 Å². The third-order valence-electron chi connectivity index (χ3n) is 1.58. The van der Waals surface area contributed by atoms with Crippen molar-refractivity contribution in [1.82, 2.24) is 4.98 Å². The molecule has 0 amide bonds. The number of rotatable bonds is 3. The topological polar surface area (TPSA) is 65.2 Å². The second-order valence-electron chi connectivity index (χ2n) is 2.52. The van der Waals surface area contributed by atoms with E-state index in [9.17, 15) is 4.79 Å². The number of hydrogen-bond acceptors (Lipinski definition) is 4. The van der Waals surface area contributed by atoms with Crippen LogP contribution in [0, 0.1) is 0 Å². The van der Waals surface area contributed by atoms with E-state index in [1.54, 1.807) is 31.5 Å². The second kappa shape index (κ2) is 4.57. The van der Waals surface area contributed by atoms with Gasteiger partial charge in [0.1, 0.15) is 6.04 Å². The molecule has 1 aromatic heterocycles. The number of esters is 1. The highest BCUT2D eigenvalue weighted by Crippen LogP contribution is 2.09. The number of carbonyl (C=O) groups excluding carboxylic acids is 1. The predicted molar refractivity (Wildman–Crippen MR) is 47.8 cm³/mol. The van der Waals surface area contributed by atoms with Crippen LogP contribution in [-0.2, 0) is 9.53 Å². The molecule has 1 atom stereocenters. The maximum atomic E-state index is 11.2. The average Bonchev–Trinajstić information content (AvgIpc) is 2.18. The molecule has 1 aromatic rings. The normalized spacial score (nSPS) is 12.2. The van der Waals surface area contributed by atoms with Crippen molar-refractivity contribution in [1.29, 1.82) is 0 Å². The molecular formula is C9H12N2O2. The van der Waals surface area contributed by atoms with Gasteiger partial charge in [0.25, 0.3) is 0 Å². The summed E-state index contributed by atoms with van der Waals surface area (Å²) in [6, 6.07) is 2.75. The standard InChI is InChI=1S/C9H12N2O2/c1-2-13-9(12)8(10)7-4-3-5-11-6-7/h3-6,8H,2,10H2,1H3/t8-/m0/s1. The summed E-state index contributed by atoms with van der Waals surface area (Å²) in [6.07, 6.45) is 3.18. The molecular weight excluding hydrogens is 168 g/mol. The van der Waals surface area contributed by atoms with Crippen molar-refractivity contribution in [2.45, 2.75) is 13.0 Å². The molecule has 0 aliphatic heterocycles. The molecule has 0 spiro atoms. The van der Waals surface area contributed by atoms with Crippen molar-refractivity contribution >= 4 is 5.97 Å². The molecule has 0 radical (unpaired) electrons. The van der Waals surface area contributed by atoms with Crippen molar-refractivity contribution in [3.8, 4) is 0 Å². The summed E-state index contributed by atoms with van der Waals surface area (Å²) in [5.74, 6) is -0.421. The zero-order chi connectivity index (χ0) is 9.68. The molecule has 0 aromatic carbocycles. The monoisotopic (exact) mass is 180 g/mol. The van der Waals surface area contributed by atoms with Crippen molar-refractivity contribution in [3.63, 3.8) is 0 Å². The van der Waals surface area contributed by atoms with Gasteiger partial charge in [0.05, 0.1) is 6.61 Å². The Labute approximate surface area is 76.7 Å². The second-order valence-corrected chi connectivity index (χ2v) is 2.52. The smallest absolute Gasteiger partial charge is 0.327 e. The average molecular weight is 180 g/mol. The molecule has 13 heavy (non-hydrogen) atoms. The van der Waals surface area contributed by atoms with Crippen molar-refractivity contribution < 1.29 is 9.53 Å². The van der Waals surface area contributed by atoms with Crippen molar-refractivity contribution in [2.75, 3.05) is 6.61 Å². The summed E-state index contributed by atoms with van der Waals surface area (Å²) >= 11 is 0. The van der Waals surface area contributed by atoms with Crippen LogP contribution < -0.4 is 5.73 Å². The van der Waals surface area contributed by atoms with E-state index in [1.165, 1.54) is 0 Å². The zero-order valence-electron chi connectivity index (χ0n) is 7.43. The van der Waals surface area contributed by atoms with E-state index < -0.39 is 12.0 Å². The van der Waals surface area contributed by atoms with Crippen LogP contribution in [0.25, 0.3) is 0 Å². The van der Waals surface area contributed by atoms with Gasteiger partial charge in [-0.1, -0.05) is 6.07 Å². The predicted octanol–water partition coefficient (Wildman–Crippen LogP) is 0.644. The van der Waals surface area contributed by atoms with E-state index in [0.29, 0.717) is 12.2 Å². The fourth-order valence-electron chi connectivity index (χ4n) is 0.928. The summed E-state index contributed by atoms with van der Waals surface area (Å²) in [5, 5.41) is 0. The number of hydrogen-bond donors (Lipinski definition) is 1. The quantitative estimate of drug-likeness (QED) is 0.693. The number of nitrogens with two attached hydrogens (primary N) is 1. The molecule has 0 bridgehead atoms. The number of pyridine rings is 1. The van der Waals surface area contributed by atoms with Gasteiger partial charge in [-0.2, -0.15) is 0 Å². The first-order valence-corrected chi connectivity index (χ1v) is 4.08. The Bertz CT molecular complexity index is 274. The van der Waals surface area contributed by atoms with Crippen LogP contribution in [0.5, 0.6) is 0 Å². The number of ether oxygens (including phenoxy) is 1. The number of carbonyl (C=O) groups is 1. The Morgan fingerprint density at radius 2 is 2.54 bits per heavy atom.